The number of fused-ring (bicyclic) bond motifs is 1. The average Bonchev–Trinajstić information content (AvgIpc) is 2.90. The van der Waals surface area contributed by atoms with Gasteiger partial charge in [-0.3, -0.25) is 0 Å². The van der Waals surface area contributed by atoms with Crippen LogP contribution < -0.4 is 4.90 Å². The van der Waals surface area contributed by atoms with E-state index in [4.69, 9.17) is 4.74 Å². The zero-order valence-electron chi connectivity index (χ0n) is 12.7. The lowest BCUT2D eigenvalue weighted by atomic mass is 10.1. The minimum atomic E-state index is 0.197. The maximum atomic E-state index is 5.90. The lowest BCUT2D eigenvalue weighted by Gasteiger charge is -2.37. The van der Waals surface area contributed by atoms with Crippen molar-refractivity contribution in [3.05, 3.63) is 24.2 Å². The molecule has 2 aromatic heterocycles. The smallest absolute Gasteiger partial charge is 0.154 e. The molecule has 0 saturated carbocycles. The third-order valence-corrected chi connectivity index (χ3v) is 4.50. The van der Waals surface area contributed by atoms with Gasteiger partial charge in [-0.15, -0.1) is 0 Å². The number of morpholine rings is 1. The number of ether oxygens (including phenoxy) is 1. The van der Waals surface area contributed by atoms with Crippen molar-refractivity contribution < 1.29 is 4.74 Å². The Morgan fingerprint density at radius 2 is 2.24 bits per heavy atom. The molecule has 1 fully saturated rings. The summed E-state index contributed by atoms with van der Waals surface area (Å²) in [5.41, 5.74) is 2.17. The second-order valence-electron chi connectivity index (χ2n) is 5.93. The van der Waals surface area contributed by atoms with E-state index < -0.39 is 0 Å². The summed E-state index contributed by atoms with van der Waals surface area (Å²) in [6, 6.07) is 2.15. The van der Waals surface area contributed by atoms with E-state index in [1.54, 1.807) is 0 Å². The first kappa shape index (κ1) is 14.8. The van der Waals surface area contributed by atoms with E-state index in [-0.39, 0.29) is 12.2 Å². The molecule has 1 aliphatic rings. The Hall–Kier alpha value is -1.14. The molecule has 0 spiro atoms. The van der Waals surface area contributed by atoms with Crippen molar-refractivity contribution in [2.24, 2.45) is 0 Å². The first-order valence-corrected chi connectivity index (χ1v) is 8.51. The van der Waals surface area contributed by atoms with Crippen LogP contribution in [0, 0.1) is 0 Å². The van der Waals surface area contributed by atoms with Crippen molar-refractivity contribution in [3.63, 3.8) is 0 Å². The number of hydrogen-bond donors (Lipinski definition) is 0. The molecule has 3 heterocycles. The SMILES string of the molecule is CC1CN(c2nccn3nc(C(C)C)cc23)CC(CBr)O1. The van der Waals surface area contributed by atoms with E-state index in [1.807, 2.05) is 16.9 Å². The van der Waals surface area contributed by atoms with Crippen LogP contribution in [-0.4, -0.2) is 45.2 Å². The third-order valence-electron chi connectivity index (χ3n) is 3.78. The largest absolute Gasteiger partial charge is 0.371 e. The maximum Gasteiger partial charge on any atom is 0.154 e. The minimum Gasteiger partial charge on any atom is -0.371 e. The van der Waals surface area contributed by atoms with Crippen molar-refractivity contribution in [2.45, 2.75) is 38.9 Å². The molecule has 0 aliphatic carbocycles. The van der Waals surface area contributed by atoms with E-state index in [9.17, 15) is 0 Å². The Morgan fingerprint density at radius 3 is 2.95 bits per heavy atom. The fraction of sp³-hybridized carbons (Fsp3) is 0.600. The number of rotatable bonds is 3. The van der Waals surface area contributed by atoms with Gasteiger partial charge in [0.25, 0.3) is 0 Å². The molecule has 2 unspecified atom stereocenters. The van der Waals surface area contributed by atoms with E-state index in [0.29, 0.717) is 5.92 Å². The van der Waals surface area contributed by atoms with Gasteiger partial charge in [0.2, 0.25) is 0 Å². The molecule has 0 aromatic carbocycles. The minimum absolute atomic E-state index is 0.197. The van der Waals surface area contributed by atoms with Gasteiger partial charge in [-0.1, -0.05) is 29.8 Å². The van der Waals surface area contributed by atoms with Gasteiger partial charge in [-0.05, 0) is 18.9 Å². The van der Waals surface area contributed by atoms with Crippen molar-refractivity contribution in [3.8, 4) is 0 Å². The number of hydrogen-bond acceptors (Lipinski definition) is 4. The summed E-state index contributed by atoms with van der Waals surface area (Å²) in [4.78, 5) is 6.91. The highest BCUT2D eigenvalue weighted by Gasteiger charge is 2.27. The van der Waals surface area contributed by atoms with E-state index in [2.05, 4.69) is 57.8 Å². The zero-order valence-corrected chi connectivity index (χ0v) is 14.2. The number of aromatic nitrogens is 3. The molecule has 21 heavy (non-hydrogen) atoms. The normalized spacial score (nSPS) is 23.2. The molecule has 0 radical (unpaired) electrons. The molecule has 0 bridgehead atoms. The molecule has 1 saturated heterocycles. The standard InChI is InChI=1S/C15H21BrN4O/c1-10(2)13-6-14-15(17-4-5-20(14)18-13)19-8-11(3)21-12(7-16)9-19/h4-6,10-12H,7-9H2,1-3H3. The van der Waals surface area contributed by atoms with Crippen molar-refractivity contribution >= 4 is 27.3 Å². The predicted molar refractivity (Wildman–Crippen MR) is 87.4 cm³/mol. The van der Waals surface area contributed by atoms with Gasteiger partial charge in [0, 0.05) is 30.8 Å². The lowest BCUT2D eigenvalue weighted by molar-refractivity contribution is -0.00216. The molecule has 6 heteroatoms. The molecular weight excluding hydrogens is 332 g/mol. The highest BCUT2D eigenvalue weighted by Crippen LogP contribution is 2.25. The molecule has 0 N–H and O–H groups in total. The number of alkyl halides is 1. The fourth-order valence-corrected chi connectivity index (χ4v) is 3.11. The number of halogens is 1. The van der Waals surface area contributed by atoms with Crippen LogP contribution in [0.5, 0.6) is 0 Å². The number of anilines is 1. The highest BCUT2D eigenvalue weighted by atomic mass is 79.9. The van der Waals surface area contributed by atoms with Crippen LogP contribution in [0.3, 0.4) is 0 Å². The van der Waals surface area contributed by atoms with Crippen molar-refractivity contribution in [1.82, 2.24) is 14.6 Å². The van der Waals surface area contributed by atoms with Crippen LogP contribution >= 0.6 is 15.9 Å². The Bertz CT molecular complexity index is 627. The third kappa shape index (κ3) is 2.92. The van der Waals surface area contributed by atoms with Gasteiger partial charge < -0.3 is 9.64 Å². The van der Waals surface area contributed by atoms with Gasteiger partial charge in [-0.25, -0.2) is 9.50 Å². The van der Waals surface area contributed by atoms with Crippen LogP contribution in [0.2, 0.25) is 0 Å². The summed E-state index contributed by atoms with van der Waals surface area (Å²) in [6.45, 7) is 8.14. The summed E-state index contributed by atoms with van der Waals surface area (Å²) in [5, 5.41) is 5.48. The molecule has 1 aliphatic heterocycles. The Kier molecular flexibility index (Phi) is 4.17. The van der Waals surface area contributed by atoms with Crippen LogP contribution in [0.4, 0.5) is 5.82 Å². The van der Waals surface area contributed by atoms with E-state index in [0.717, 1.165) is 35.4 Å². The summed E-state index contributed by atoms with van der Waals surface area (Å²) < 4.78 is 7.84. The first-order chi connectivity index (χ1) is 10.1. The molecule has 3 rings (SSSR count). The van der Waals surface area contributed by atoms with Gasteiger partial charge in [0.05, 0.1) is 17.9 Å². The quantitative estimate of drug-likeness (QED) is 0.796. The Balaban J connectivity index is 1.99. The predicted octanol–water partition coefficient (Wildman–Crippen LogP) is 2.84. The molecule has 2 atom stereocenters. The van der Waals surface area contributed by atoms with Crippen LogP contribution in [0.1, 0.15) is 32.4 Å². The highest BCUT2D eigenvalue weighted by molar-refractivity contribution is 9.09. The first-order valence-electron chi connectivity index (χ1n) is 7.39. The Morgan fingerprint density at radius 1 is 1.43 bits per heavy atom. The van der Waals surface area contributed by atoms with Crippen LogP contribution in [0.15, 0.2) is 18.5 Å². The van der Waals surface area contributed by atoms with Crippen molar-refractivity contribution in [1.29, 1.82) is 0 Å². The molecule has 0 amide bonds. The summed E-state index contributed by atoms with van der Waals surface area (Å²) >= 11 is 3.52. The topological polar surface area (TPSA) is 42.7 Å². The summed E-state index contributed by atoms with van der Waals surface area (Å²) in [5.74, 6) is 1.41. The zero-order chi connectivity index (χ0) is 15.0. The maximum absolute atomic E-state index is 5.90. The van der Waals surface area contributed by atoms with E-state index >= 15 is 0 Å². The molecule has 5 nitrogen and oxygen atoms in total. The van der Waals surface area contributed by atoms with Crippen LogP contribution in [-0.2, 0) is 4.74 Å². The molecular formula is C15H21BrN4O. The lowest BCUT2D eigenvalue weighted by Crippen LogP contribution is -2.47. The monoisotopic (exact) mass is 352 g/mol. The Labute approximate surface area is 133 Å². The summed E-state index contributed by atoms with van der Waals surface area (Å²) in [7, 11) is 0. The fourth-order valence-electron chi connectivity index (χ4n) is 2.76. The van der Waals surface area contributed by atoms with Gasteiger partial charge in [0.15, 0.2) is 5.82 Å². The molecule has 2 aromatic rings. The van der Waals surface area contributed by atoms with Crippen LogP contribution in [0.25, 0.3) is 5.52 Å². The second-order valence-corrected chi connectivity index (χ2v) is 6.58. The average molecular weight is 353 g/mol. The van der Waals surface area contributed by atoms with Gasteiger partial charge in [0.1, 0.15) is 5.52 Å². The van der Waals surface area contributed by atoms with Gasteiger partial charge >= 0.3 is 0 Å². The van der Waals surface area contributed by atoms with E-state index in [1.165, 1.54) is 0 Å². The van der Waals surface area contributed by atoms with Gasteiger partial charge in [-0.2, -0.15) is 5.10 Å². The second kappa shape index (κ2) is 5.93. The molecule has 114 valence electrons. The number of nitrogens with zero attached hydrogens (tertiary/aromatic N) is 4. The van der Waals surface area contributed by atoms with Crippen molar-refractivity contribution in [2.75, 3.05) is 23.3 Å². The summed E-state index contributed by atoms with van der Waals surface area (Å²) in [6.07, 6.45) is 4.14.